The first-order chi connectivity index (χ1) is 9.16. The molecule has 2 aromatic rings. The Labute approximate surface area is 110 Å². The molecule has 1 aromatic heterocycles. The highest BCUT2D eigenvalue weighted by molar-refractivity contribution is 5.73. The quantitative estimate of drug-likeness (QED) is 0.796. The molecule has 6 heteroatoms. The second-order valence-electron chi connectivity index (χ2n) is 4.88. The molecule has 0 spiro atoms. The third-order valence-corrected chi connectivity index (χ3v) is 3.70. The van der Waals surface area contributed by atoms with Crippen LogP contribution in [0.5, 0.6) is 0 Å². The van der Waals surface area contributed by atoms with Gasteiger partial charge in [-0.1, -0.05) is 6.07 Å². The van der Waals surface area contributed by atoms with E-state index in [-0.39, 0.29) is 11.9 Å². The van der Waals surface area contributed by atoms with Crippen LogP contribution < -0.4 is 16.8 Å². The van der Waals surface area contributed by atoms with Crippen LogP contribution in [0.2, 0.25) is 0 Å². The van der Waals surface area contributed by atoms with Crippen LogP contribution in [0.3, 0.4) is 0 Å². The molecule has 1 saturated heterocycles. The van der Waals surface area contributed by atoms with Gasteiger partial charge < -0.3 is 15.5 Å². The van der Waals surface area contributed by atoms with Crippen molar-refractivity contribution in [2.75, 3.05) is 26.2 Å². The highest BCUT2D eigenvalue weighted by atomic mass is 16.4. The molecule has 0 amide bonds. The van der Waals surface area contributed by atoms with Gasteiger partial charge in [0.05, 0.1) is 11.7 Å². The predicted octanol–water partition coefficient (Wildman–Crippen LogP) is -0.00600. The fourth-order valence-electron chi connectivity index (χ4n) is 2.50. The topological polar surface area (TPSA) is 76.4 Å². The normalized spacial score (nSPS) is 18.8. The minimum absolute atomic E-state index is 0.142. The summed E-state index contributed by atoms with van der Waals surface area (Å²) in [4.78, 5) is 13.7. The monoisotopic (exact) mass is 262 g/mol. The van der Waals surface area contributed by atoms with Crippen LogP contribution >= 0.6 is 0 Å². The molecule has 102 valence electrons. The molecule has 1 unspecified atom stereocenters. The van der Waals surface area contributed by atoms with Gasteiger partial charge in [0.2, 0.25) is 0 Å². The summed E-state index contributed by atoms with van der Waals surface area (Å²) in [5, 5.41) is 3.31. The summed E-state index contributed by atoms with van der Waals surface area (Å²) in [7, 11) is 1.70. The van der Waals surface area contributed by atoms with Gasteiger partial charge >= 0.3 is 5.76 Å². The van der Waals surface area contributed by atoms with Gasteiger partial charge in [-0.05, 0) is 17.7 Å². The number of nitrogens with two attached hydrogens (primary N) is 1. The van der Waals surface area contributed by atoms with Gasteiger partial charge in [-0.2, -0.15) is 0 Å². The molecule has 0 radical (unpaired) electrons. The summed E-state index contributed by atoms with van der Waals surface area (Å²) in [6.45, 7) is 3.79. The van der Waals surface area contributed by atoms with E-state index >= 15 is 0 Å². The number of benzene rings is 1. The number of nitrogens with zero attached hydrogens (tertiary/aromatic N) is 2. The fourth-order valence-corrected chi connectivity index (χ4v) is 2.50. The predicted molar refractivity (Wildman–Crippen MR) is 72.8 cm³/mol. The Kier molecular flexibility index (Phi) is 3.14. The zero-order valence-corrected chi connectivity index (χ0v) is 10.9. The van der Waals surface area contributed by atoms with E-state index in [1.54, 1.807) is 7.05 Å². The first-order valence-corrected chi connectivity index (χ1v) is 6.46. The molecule has 3 rings (SSSR count). The minimum Gasteiger partial charge on any atom is -0.408 e. The summed E-state index contributed by atoms with van der Waals surface area (Å²) in [5.74, 6) is -0.345. The average molecular weight is 262 g/mol. The van der Waals surface area contributed by atoms with Crippen LogP contribution in [-0.4, -0.2) is 35.6 Å². The summed E-state index contributed by atoms with van der Waals surface area (Å²) in [5.41, 5.74) is 8.69. The third-order valence-electron chi connectivity index (χ3n) is 3.70. The van der Waals surface area contributed by atoms with E-state index in [4.69, 9.17) is 10.2 Å². The molecule has 0 aliphatic carbocycles. The van der Waals surface area contributed by atoms with Crippen LogP contribution in [0.15, 0.2) is 27.4 Å². The van der Waals surface area contributed by atoms with Crippen molar-refractivity contribution in [3.8, 4) is 0 Å². The van der Waals surface area contributed by atoms with Crippen molar-refractivity contribution in [3.63, 3.8) is 0 Å². The van der Waals surface area contributed by atoms with Crippen LogP contribution in [0.25, 0.3) is 11.1 Å². The maximum absolute atomic E-state index is 11.5. The van der Waals surface area contributed by atoms with E-state index < -0.39 is 0 Å². The molecule has 1 atom stereocenters. The van der Waals surface area contributed by atoms with Crippen molar-refractivity contribution in [1.29, 1.82) is 0 Å². The summed E-state index contributed by atoms with van der Waals surface area (Å²) < 4.78 is 6.63. The molecule has 19 heavy (non-hydrogen) atoms. The minimum atomic E-state index is -0.345. The molecule has 1 aliphatic heterocycles. The second kappa shape index (κ2) is 4.80. The standard InChI is InChI=1S/C13H18N4O2/c1-16-10-8-9(2-3-11(10)19-13(16)18)12(14)17-6-4-15-5-7-17/h2-3,8,12,15H,4-7,14H2,1H3. The third kappa shape index (κ3) is 2.18. The largest absolute Gasteiger partial charge is 0.419 e. The average Bonchev–Trinajstić information content (AvgIpc) is 2.74. The fraction of sp³-hybridized carbons (Fsp3) is 0.462. The van der Waals surface area contributed by atoms with Crippen LogP contribution in [0.1, 0.15) is 11.7 Å². The second-order valence-corrected chi connectivity index (χ2v) is 4.88. The lowest BCUT2D eigenvalue weighted by molar-refractivity contribution is 0.177. The molecule has 3 N–H and O–H groups in total. The van der Waals surface area contributed by atoms with Crippen molar-refractivity contribution in [2.24, 2.45) is 12.8 Å². The molecular weight excluding hydrogens is 244 g/mol. The SMILES string of the molecule is Cn1c(=O)oc2ccc(C(N)N3CCNCC3)cc21. The lowest BCUT2D eigenvalue weighted by Crippen LogP contribution is -2.47. The Morgan fingerprint density at radius 3 is 2.84 bits per heavy atom. The molecule has 0 bridgehead atoms. The molecule has 0 saturated carbocycles. The molecule has 1 aromatic carbocycles. The van der Waals surface area contributed by atoms with Crippen molar-refractivity contribution in [2.45, 2.75) is 6.17 Å². The zero-order chi connectivity index (χ0) is 13.4. The van der Waals surface area contributed by atoms with Crippen molar-refractivity contribution in [3.05, 3.63) is 34.3 Å². The number of oxazole rings is 1. The molecule has 6 nitrogen and oxygen atoms in total. The number of nitrogens with one attached hydrogen (secondary N) is 1. The van der Waals surface area contributed by atoms with Crippen LogP contribution in [0, 0.1) is 0 Å². The summed E-state index contributed by atoms with van der Waals surface area (Å²) in [6, 6.07) is 5.68. The maximum atomic E-state index is 11.5. The van der Waals surface area contributed by atoms with Crippen LogP contribution in [-0.2, 0) is 7.05 Å². The Morgan fingerprint density at radius 1 is 1.37 bits per heavy atom. The number of rotatable bonds is 2. The van der Waals surface area contributed by atoms with E-state index in [2.05, 4.69) is 10.2 Å². The number of aromatic nitrogens is 1. The lowest BCUT2D eigenvalue weighted by Gasteiger charge is -2.32. The zero-order valence-electron chi connectivity index (χ0n) is 10.9. The number of hydrogen-bond acceptors (Lipinski definition) is 5. The number of fused-ring (bicyclic) bond motifs is 1. The highest BCUT2D eigenvalue weighted by Crippen LogP contribution is 2.20. The molecule has 1 fully saturated rings. The highest BCUT2D eigenvalue weighted by Gasteiger charge is 2.19. The molecule has 2 heterocycles. The van der Waals surface area contributed by atoms with Gasteiger partial charge in [0.1, 0.15) is 0 Å². The van der Waals surface area contributed by atoms with E-state index in [9.17, 15) is 4.79 Å². The van der Waals surface area contributed by atoms with E-state index in [1.807, 2.05) is 18.2 Å². The lowest BCUT2D eigenvalue weighted by atomic mass is 10.1. The Morgan fingerprint density at radius 2 is 2.11 bits per heavy atom. The van der Waals surface area contributed by atoms with Gasteiger partial charge in [-0.15, -0.1) is 0 Å². The smallest absolute Gasteiger partial charge is 0.408 e. The first kappa shape index (κ1) is 12.4. The van der Waals surface area contributed by atoms with Crippen LogP contribution in [0.4, 0.5) is 0 Å². The molecular formula is C13H18N4O2. The van der Waals surface area contributed by atoms with E-state index in [1.165, 1.54) is 4.57 Å². The maximum Gasteiger partial charge on any atom is 0.419 e. The first-order valence-electron chi connectivity index (χ1n) is 6.46. The Balaban J connectivity index is 1.95. The Hall–Kier alpha value is -1.63. The number of aryl methyl sites for hydroxylation is 1. The van der Waals surface area contributed by atoms with Crippen molar-refractivity contribution < 1.29 is 4.42 Å². The Bertz CT molecular complexity index is 640. The summed E-state index contributed by atoms with van der Waals surface area (Å²) in [6.07, 6.45) is -0.142. The molecule has 1 aliphatic rings. The number of hydrogen-bond donors (Lipinski definition) is 2. The van der Waals surface area contributed by atoms with Gasteiger partial charge in [0.15, 0.2) is 5.58 Å². The van der Waals surface area contributed by atoms with E-state index in [0.717, 1.165) is 37.3 Å². The van der Waals surface area contributed by atoms with Gasteiger partial charge in [-0.3, -0.25) is 9.47 Å². The van der Waals surface area contributed by atoms with Gasteiger partial charge in [0.25, 0.3) is 0 Å². The van der Waals surface area contributed by atoms with Gasteiger partial charge in [0, 0.05) is 33.2 Å². The number of piperazine rings is 1. The van der Waals surface area contributed by atoms with E-state index in [0.29, 0.717) is 5.58 Å². The van der Waals surface area contributed by atoms with Gasteiger partial charge in [-0.25, -0.2) is 4.79 Å². The van der Waals surface area contributed by atoms with Crippen molar-refractivity contribution >= 4 is 11.1 Å². The summed E-state index contributed by atoms with van der Waals surface area (Å²) >= 11 is 0. The van der Waals surface area contributed by atoms with Crippen molar-refractivity contribution in [1.82, 2.24) is 14.8 Å².